The molecule has 6 nitrogen and oxygen atoms in total. The van der Waals surface area contributed by atoms with Crippen LogP contribution in [0.3, 0.4) is 0 Å². The van der Waals surface area contributed by atoms with Gasteiger partial charge in [0.2, 0.25) is 10.0 Å². The lowest BCUT2D eigenvalue weighted by molar-refractivity contribution is 0.0947. The molecule has 1 aliphatic heterocycles. The Labute approximate surface area is 161 Å². The number of nitrogens with one attached hydrogen (secondary N) is 2. The second kappa shape index (κ2) is 9.06. The van der Waals surface area contributed by atoms with Crippen LogP contribution in [-0.4, -0.2) is 51.7 Å². The lowest BCUT2D eigenvalue weighted by Crippen LogP contribution is -2.40. The Morgan fingerprint density at radius 3 is 2.50 bits per heavy atom. The molecule has 1 aromatic rings. The van der Waals surface area contributed by atoms with Crippen LogP contribution in [0.4, 0.5) is 5.69 Å². The molecule has 1 aliphatic rings. The number of halogens is 1. The van der Waals surface area contributed by atoms with Crippen LogP contribution in [0.25, 0.3) is 0 Å². The molecule has 1 aromatic carbocycles. The van der Waals surface area contributed by atoms with Crippen molar-refractivity contribution in [2.75, 3.05) is 37.2 Å². The van der Waals surface area contributed by atoms with E-state index < -0.39 is 10.0 Å². The Kier molecular flexibility index (Phi) is 7.32. The van der Waals surface area contributed by atoms with E-state index in [1.807, 2.05) is 0 Å². The van der Waals surface area contributed by atoms with Gasteiger partial charge in [0.05, 0.1) is 17.0 Å². The number of sulfonamides is 1. The zero-order valence-corrected chi connectivity index (χ0v) is 17.2. The highest BCUT2D eigenvalue weighted by Crippen LogP contribution is 2.24. The van der Waals surface area contributed by atoms with Gasteiger partial charge in [-0.2, -0.15) is 0 Å². The van der Waals surface area contributed by atoms with Gasteiger partial charge < -0.3 is 10.2 Å². The molecule has 0 aromatic heterocycles. The summed E-state index contributed by atoms with van der Waals surface area (Å²) in [6, 6.07) is 4.52. The van der Waals surface area contributed by atoms with Crippen molar-refractivity contribution in [2.24, 2.45) is 11.8 Å². The number of nitrogens with zero attached hydrogens (tertiary/aromatic N) is 1. The standard InChI is InChI=1S/C18H28ClN3O3S/c1-13-9-14(2)12-22(11-13)8-4-7-20-18(23)15-5-6-17(16(19)10-15)21-26(3,24)25/h5-6,10,13-14,21H,4,7-9,11-12H2,1-3H3,(H,20,23)/t13-,14-/m0/s1. The van der Waals surface area contributed by atoms with Crippen molar-refractivity contribution in [1.82, 2.24) is 10.2 Å². The first-order valence-corrected chi connectivity index (χ1v) is 11.2. The number of carbonyl (C=O) groups is 1. The number of benzene rings is 1. The lowest BCUT2D eigenvalue weighted by atomic mass is 9.92. The molecular weight excluding hydrogens is 374 g/mol. The first kappa shape index (κ1) is 21.0. The van der Waals surface area contributed by atoms with Gasteiger partial charge in [0.1, 0.15) is 0 Å². The van der Waals surface area contributed by atoms with Gasteiger partial charge in [-0.15, -0.1) is 0 Å². The van der Waals surface area contributed by atoms with Crippen LogP contribution < -0.4 is 10.0 Å². The van der Waals surface area contributed by atoms with Crippen LogP contribution in [0.1, 0.15) is 37.0 Å². The molecular formula is C18H28ClN3O3S. The van der Waals surface area contributed by atoms with E-state index in [2.05, 4.69) is 28.8 Å². The van der Waals surface area contributed by atoms with Crippen LogP contribution in [0.15, 0.2) is 18.2 Å². The Bertz CT molecular complexity index is 729. The van der Waals surface area contributed by atoms with Gasteiger partial charge >= 0.3 is 0 Å². The van der Waals surface area contributed by atoms with E-state index in [0.717, 1.165) is 44.1 Å². The van der Waals surface area contributed by atoms with Crippen molar-refractivity contribution in [3.63, 3.8) is 0 Å². The maximum Gasteiger partial charge on any atom is 0.251 e. The summed E-state index contributed by atoms with van der Waals surface area (Å²) in [5, 5.41) is 3.09. The highest BCUT2D eigenvalue weighted by atomic mass is 35.5. The fourth-order valence-corrected chi connectivity index (χ4v) is 4.38. The summed E-state index contributed by atoms with van der Waals surface area (Å²) in [6.45, 7) is 8.41. The average molecular weight is 402 g/mol. The molecule has 1 saturated heterocycles. The van der Waals surface area contributed by atoms with E-state index in [9.17, 15) is 13.2 Å². The summed E-state index contributed by atoms with van der Waals surface area (Å²) in [5.41, 5.74) is 0.674. The van der Waals surface area contributed by atoms with E-state index >= 15 is 0 Å². The molecule has 2 N–H and O–H groups in total. The monoisotopic (exact) mass is 401 g/mol. The van der Waals surface area contributed by atoms with Crippen molar-refractivity contribution >= 4 is 33.2 Å². The summed E-state index contributed by atoms with van der Waals surface area (Å²) >= 11 is 6.06. The van der Waals surface area contributed by atoms with E-state index in [1.54, 1.807) is 6.07 Å². The summed E-state index contributed by atoms with van der Waals surface area (Å²) in [7, 11) is -3.41. The average Bonchev–Trinajstić information content (AvgIpc) is 2.51. The first-order chi connectivity index (χ1) is 12.1. The molecule has 0 aliphatic carbocycles. The third-order valence-electron chi connectivity index (χ3n) is 4.41. The van der Waals surface area contributed by atoms with Crippen LogP contribution in [0.2, 0.25) is 5.02 Å². The number of anilines is 1. The van der Waals surface area contributed by atoms with Crippen LogP contribution >= 0.6 is 11.6 Å². The molecule has 1 heterocycles. The molecule has 0 spiro atoms. The molecule has 0 radical (unpaired) electrons. The summed E-state index contributed by atoms with van der Waals surface area (Å²) in [5.74, 6) is 1.25. The van der Waals surface area contributed by atoms with Crippen molar-refractivity contribution < 1.29 is 13.2 Å². The Morgan fingerprint density at radius 1 is 1.27 bits per heavy atom. The van der Waals surface area contributed by atoms with Crippen LogP contribution in [-0.2, 0) is 10.0 Å². The first-order valence-electron chi connectivity index (χ1n) is 8.92. The van der Waals surface area contributed by atoms with E-state index in [1.165, 1.54) is 18.6 Å². The zero-order chi connectivity index (χ0) is 19.3. The summed E-state index contributed by atoms with van der Waals surface area (Å²) in [6.07, 6.45) is 3.23. The number of hydrogen-bond donors (Lipinski definition) is 2. The number of amides is 1. The van der Waals surface area contributed by atoms with Gasteiger partial charge in [-0.1, -0.05) is 25.4 Å². The van der Waals surface area contributed by atoms with Gasteiger partial charge in [0.15, 0.2) is 0 Å². The Morgan fingerprint density at radius 2 is 1.92 bits per heavy atom. The van der Waals surface area contributed by atoms with Crippen LogP contribution in [0, 0.1) is 11.8 Å². The van der Waals surface area contributed by atoms with Gasteiger partial charge in [-0.05, 0) is 49.4 Å². The van der Waals surface area contributed by atoms with E-state index in [-0.39, 0.29) is 16.6 Å². The molecule has 26 heavy (non-hydrogen) atoms. The second-order valence-electron chi connectivity index (χ2n) is 7.38. The lowest BCUT2D eigenvalue weighted by Gasteiger charge is -2.34. The predicted octanol–water partition coefficient (Wildman–Crippen LogP) is 2.81. The Hall–Kier alpha value is -1.31. The minimum Gasteiger partial charge on any atom is -0.352 e. The van der Waals surface area contributed by atoms with Crippen LogP contribution in [0.5, 0.6) is 0 Å². The van der Waals surface area contributed by atoms with Gasteiger partial charge in [-0.3, -0.25) is 9.52 Å². The third kappa shape index (κ3) is 6.78. The highest BCUT2D eigenvalue weighted by molar-refractivity contribution is 7.92. The maximum atomic E-state index is 12.2. The number of piperidine rings is 1. The largest absolute Gasteiger partial charge is 0.352 e. The summed E-state index contributed by atoms with van der Waals surface area (Å²) in [4.78, 5) is 14.7. The van der Waals surface area contributed by atoms with Crippen molar-refractivity contribution in [2.45, 2.75) is 26.7 Å². The molecule has 0 bridgehead atoms. The summed E-state index contributed by atoms with van der Waals surface area (Å²) < 4.78 is 24.8. The molecule has 0 saturated carbocycles. The maximum absolute atomic E-state index is 12.2. The van der Waals surface area contributed by atoms with Crippen molar-refractivity contribution in [3.8, 4) is 0 Å². The van der Waals surface area contributed by atoms with E-state index in [4.69, 9.17) is 11.6 Å². The fraction of sp³-hybridized carbons (Fsp3) is 0.611. The van der Waals surface area contributed by atoms with Crippen molar-refractivity contribution in [3.05, 3.63) is 28.8 Å². The predicted molar refractivity (Wildman–Crippen MR) is 106 cm³/mol. The SMILES string of the molecule is C[C@H]1C[C@H](C)CN(CCCNC(=O)c2ccc(NS(C)(=O)=O)c(Cl)c2)C1. The molecule has 1 fully saturated rings. The zero-order valence-electron chi connectivity index (χ0n) is 15.6. The minimum atomic E-state index is -3.41. The van der Waals surface area contributed by atoms with Gasteiger partial charge in [0.25, 0.3) is 5.91 Å². The fourth-order valence-electron chi connectivity index (χ4n) is 3.52. The Balaban J connectivity index is 1.80. The number of likely N-dealkylation sites (tertiary alicyclic amines) is 1. The molecule has 0 unspecified atom stereocenters. The van der Waals surface area contributed by atoms with E-state index in [0.29, 0.717) is 12.1 Å². The molecule has 2 rings (SSSR count). The van der Waals surface area contributed by atoms with Gasteiger partial charge in [-0.25, -0.2) is 8.42 Å². The number of hydrogen-bond acceptors (Lipinski definition) is 4. The van der Waals surface area contributed by atoms with Gasteiger partial charge in [0, 0.05) is 25.2 Å². The number of carbonyl (C=O) groups excluding carboxylic acids is 1. The topological polar surface area (TPSA) is 78.5 Å². The number of rotatable bonds is 7. The molecule has 146 valence electrons. The van der Waals surface area contributed by atoms with Crippen molar-refractivity contribution in [1.29, 1.82) is 0 Å². The minimum absolute atomic E-state index is 0.194. The molecule has 2 atom stereocenters. The normalized spacial score (nSPS) is 21.4. The second-order valence-corrected chi connectivity index (χ2v) is 9.54. The smallest absolute Gasteiger partial charge is 0.251 e. The third-order valence-corrected chi connectivity index (χ3v) is 5.31. The molecule has 8 heteroatoms. The highest BCUT2D eigenvalue weighted by Gasteiger charge is 2.21. The molecule has 1 amide bonds. The quantitative estimate of drug-likeness (QED) is 0.688.